The van der Waals surface area contributed by atoms with Crippen molar-refractivity contribution in [3.8, 4) is 0 Å². The number of nitrogens with one attached hydrogen (secondary N) is 1. The number of rotatable bonds is 3. The second-order valence-electron chi connectivity index (χ2n) is 3.51. The van der Waals surface area contributed by atoms with Gasteiger partial charge in [-0.3, -0.25) is 0 Å². The van der Waals surface area contributed by atoms with E-state index in [4.69, 9.17) is 0 Å². The maximum Gasteiger partial charge on any atom is 0.0338 e. The Balaban J connectivity index is 2.98. The van der Waals surface area contributed by atoms with Gasteiger partial charge in [0.1, 0.15) is 0 Å². The van der Waals surface area contributed by atoms with Crippen LogP contribution >= 0.6 is 0 Å². The van der Waals surface area contributed by atoms with E-state index in [1.54, 1.807) is 0 Å². The third-order valence-corrected chi connectivity index (χ3v) is 2.20. The Hall–Kier alpha value is -1.24. The van der Waals surface area contributed by atoms with E-state index in [0.29, 0.717) is 5.92 Å². The maximum absolute atomic E-state index is 3.93. The third-order valence-electron chi connectivity index (χ3n) is 2.20. The molecule has 0 atom stereocenters. The lowest BCUT2D eigenvalue weighted by atomic mass is 10.00. The van der Waals surface area contributed by atoms with Gasteiger partial charge < -0.3 is 5.32 Å². The first-order valence-electron chi connectivity index (χ1n) is 4.62. The lowest BCUT2D eigenvalue weighted by Crippen LogP contribution is -2.03. The zero-order valence-corrected chi connectivity index (χ0v) is 8.59. The molecule has 0 aliphatic heterocycles. The SMILES string of the molecule is C=C(NC)c1cccc(C(C)C)c1. The van der Waals surface area contributed by atoms with Crippen molar-refractivity contribution < 1.29 is 0 Å². The summed E-state index contributed by atoms with van der Waals surface area (Å²) >= 11 is 0. The predicted octanol–water partition coefficient (Wildman–Crippen LogP) is 3.00. The Labute approximate surface area is 80.5 Å². The van der Waals surface area contributed by atoms with Crippen LogP contribution in [-0.2, 0) is 0 Å². The minimum Gasteiger partial charge on any atom is -0.388 e. The molecule has 1 N–H and O–H groups in total. The average molecular weight is 175 g/mol. The van der Waals surface area contributed by atoms with Crippen LogP contribution in [0.3, 0.4) is 0 Å². The minimum atomic E-state index is 0.574. The third kappa shape index (κ3) is 2.35. The number of hydrogen-bond acceptors (Lipinski definition) is 1. The van der Waals surface area contributed by atoms with E-state index in [2.05, 4.69) is 50.0 Å². The van der Waals surface area contributed by atoms with Crippen LogP contribution < -0.4 is 5.32 Å². The lowest BCUT2D eigenvalue weighted by molar-refractivity contribution is 0.865. The van der Waals surface area contributed by atoms with Gasteiger partial charge in [0, 0.05) is 12.7 Å². The van der Waals surface area contributed by atoms with Crippen LogP contribution in [0, 0.1) is 0 Å². The highest BCUT2D eigenvalue weighted by Gasteiger charge is 2.01. The summed E-state index contributed by atoms with van der Waals surface area (Å²) in [6, 6.07) is 8.48. The second kappa shape index (κ2) is 4.13. The van der Waals surface area contributed by atoms with E-state index in [-0.39, 0.29) is 0 Å². The normalized spacial score (nSPS) is 10.2. The molecule has 13 heavy (non-hydrogen) atoms. The Kier molecular flexibility index (Phi) is 3.13. The molecule has 0 saturated heterocycles. The molecule has 0 bridgehead atoms. The summed E-state index contributed by atoms with van der Waals surface area (Å²) in [6.45, 7) is 8.32. The average Bonchev–Trinajstić information content (AvgIpc) is 2.17. The first-order chi connectivity index (χ1) is 6.15. The molecule has 0 fully saturated rings. The number of hydrogen-bond donors (Lipinski definition) is 1. The molecule has 1 aromatic carbocycles. The molecule has 1 nitrogen and oxygen atoms in total. The summed E-state index contributed by atoms with van der Waals surface area (Å²) < 4.78 is 0. The highest BCUT2D eigenvalue weighted by atomic mass is 14.8. The van der Waals surface area contributed by atoms with E-state index in [1.807, 2.05) is 7.05 Å². The first kappa shape index (κ1) is 9.85. The highest BCUT2D eigenvalue weighted by molar-refractivity contribution is 5.62. The monoisotopic (exact) mass is 175 g/mol. The van der Waals surface area contributed by atoms with Crippen molar-refractivity contribution >= 4 is 5.70 Å². The molecular weight excluding hydrogens is 158 g/mol. The summed E-state index contributed by atoms with van der Waals surface area (Å²) in [7, 11) is 1.89. The summed E-state index contributed by atoms with van der Waals surface area (Å²) in [5.74, 6) is 0.574. The molecule has 70 valence electrons. The molecule has 0 unspecified atom stereocenters. The lowest BCUT2D eigenvalue weighted by Gasteiger charge is -2.09. The van der Waals surface area contributed by atoms with Crippen molar-refractivity contribution in [2.75, 3.05) is 7.05 Å². The van der Waals surface area contributed by atoms with Gasteiger partial charge in [0.15, 0.2) is 0 Å². The molecule has 0 aliphatic rings. The molecule has 0 aliphatic carbocycles. The van der Waals surface area contributed by atoms with Crippen LogP contribution in [0.25, 0.3) is 5.70 Å². The fraction of sp³-hybridized carbons (Fsp3) is 0.333. The van der Waals surface area contributed by atoms with Gasteiger partial charge in [0.25, 0.3) is 0 Å². The van der Waals surface area contributed by atoms with Gasteiger partial charge in [-0.05, 0) is 23.1 Å². The molecule has 1 rings (SSSR count). The fourth-order valence-electron chi connectivity index (χ4n) is 1.23. The Bertz CT molecular complexity index is 300. The maximum atomic E-state index is 3.93. The summed E-state index contributed by atoms with van der Waals surface area (Å²) in [5, 5.41) is 3.05. The summed E-state index contributed by atoms with van der Waals surface area (Å²) in [4.78, 5) is 0. The van der Waals surface area contributed by atoms with Crippen LogP contribution in [0.5, 0.6) is 0 Å². The van der Waals surface area contributed by atoms with Gasteiger partial charge in [-0.15, -0.1) is 0 Å². The largest absolute Gasteiger partial charge is 0.388 e. The quantitative estimate of drug-likeness (QED) is 0.744. The van der Waals surface area contributed by atoms with Crippen LogP contribution in [0.4, 0.5) is 0 Å². The zero-order valence-electron chi connectivity index (χ0n) is 8.59. The summed E-state index contributed by atoms with van der Waals surface area (Å²) in [6.07, 6.45) is 0. The molecule has 0 saturated carbocycles. The molecule has 0 spiro atoms. The van der Waals surface area contributed by atoms with Gasteiger partial charge in [0.05, 0.1) is 0 Å². The van der Waals surface area contributed by atoms with Gasteiger partial charge >= 0.3 is 0 Å². The van der Waals surface area contributed by atoms with Crippen molar-refractivity contribution in [3.05, 3.63) is 42.0 Å². The topological polar surface area (TPSA) is 12.0 Å². The molecule has 0 heterocycles. The molecule has 1 heteroatoms. The second-order valence-corrected chi connectivity index (χ2v) is 3.51. The molecule has 0 aromatic heterocycles. The van der Waals surface area contributed by atoms with Crippen LogP contribution in [0.1, 0.15) is 30.9 Å². The van der Waals surface area contributed by atoms with Crippen molar-refractivity contribution in [1.82, 2.24) is 5.32 Å². The predicted molar refractivity (Wildman–Crippen MR) is 58.6 cm³/mol. The molecule has 0 amide bonds. The van der Waals surface area contributed by atoms with Crippen LogP contribution in [0.2, 0.25) is 0 Å². The van der Waals surface area contributed by atoms with Crippen molar-refractivity contribution in [2.45, 2.75) is 19.8 Å². The standard InChI is InChI=1S/C12H17N/c1-9(2)11-6-5-7-12(8-11)10(3)13-4/h5-9,13H,3H2,1-2,4H3. The highest BCUT2D eigenvalue weighted by Crippen LogP contribution is 2.18. The molecule has 1 aromatic rings. The van der Waals surface area contributed by atoms with Gasteiger partial charge in [-0.1, -0.05) is 38.6 Å². The molecular formula is C12H17N. The minimum absolute atomic E-state index is 0.574. The smallest absolute Gasteiger partial charge is 0.0338 e. The Morgan fingerprint density at radius 1 is 1.38 bits per heavy atom. The zero-order chi connectivity index (χ0) is 9.84. The van der Waals surface area contributed by atoms with Crippen LogP contribution in [0.15, 0.2) is 30.8 Å². The van der Waals surface area contributed by atoms with Crippen molar-refractivity contribution in [2.24, 2.45) is 0 Å². The van der Waals surface area contributed by atoms with E-state index < -0.39 is 0 Å². The van der Waals surface area contributed by atoms with E-state index in [1.165, 1.54) is 11.1 Å². The van der Waals surface area contributed by atoms with E-state index in [0.717, 1.165) is 5.70 Å². The van der Waals surface area contributed by atoms with Crippen LogP contribution in [-0.4, -0.2) is 7.05 Å². The van der Waals surface area contributed by atoms with Gasteiger partial charge in [-0.2, -0.15) is 0 Å². The van der Waals surface area contributed by atoms with E-state index >= 15 is 0 Å². The van der Waals surface area contributed by atoms with Gasteiger partial charge in [-0.25, -0.2) is 0 Å². The fourth-order valence-corrected chi connectivity index (χ4v) is 1.23. The summed E-state index contributed by atoms with van der Waals surface area (Å²) in [5.41, 5.74) is 3.50. The number of benzene rings is 1. The van der Waals surface area contributed by atoms with Crippen molar-refractivity contribution in [1.29, 1.82) is 0 Å². The van der Waals surface area contributed by atoms with Gasteiger partial charge in [0.2, 0.25) is 0 Å². The molecule has 0 radical (unpaired) electrons. The Morgan fingerprint density at radius 3 is 2.62 bits per heavy atom. The van der Waals surface area contributed by atoms with E-state index in [9.17, 15) is 0 Å². The Morgan fingerprint density at radius 2 is 2.08 bits per heavy atom. The van der Waals surface area contributed by atoms with Crippen molar-refractivity contribution in [3.63, 3.8) is 0 Å². The first-order valence-corrected chi connectivity index (χ1v) is 4.62.